The third-order valence-electron chi connectivity index (χ3n) is 3.91. The highest BCUT2D eigenvalue weighted by Crippen LogP contribution is 2.42. The molecule has 2 aliphatic rings. The van der Waals surface area contributed by atoms with Crippen LogP contribution < -0.4 is 4.74 Å². The van der Waals surface area contributed by atoms with E-state index in [4.69, 9.17) is 9.47 Å². The maximum atomic E-state index is 6.03. The highest BCUT2D eigenvalue weighted by atomic mass is 32.1. The second-order valence-corrected chi connectivity index (χ2v) is 6.50. The lowest BCUT2D eigenvalue weighted by Gasteiger charge is -2.08. The van der Waals surface area contributed by atoms with Crippen molar-refractivity contribution in [3.63, 3.8) is 0 Å². The first-order chi connectivity index (χ1) is 10.7. The molecule has 0 aliphatic heterocycles. The van der Waals surface area contributed by atoms with Crippen molar-refractivity contribution in [2.24, 2.45) is 0 Å². The first-order valence-corrected chi connectivity index (χ1v) is 8.78. The van der Waals surface area contributed by atoms with Gasteiger partial charge in [0.1, 0.15) is 12.4 Å². The van der Waals surface area contributed by atoms with Crippen molar-refractivity contribution in [2.75, 3.05) is 19.8 Å². The Kier molecular flexibility index (Phi) is 4.65. The zero-order valence-electron chi connectivity index (χ0n) is 13.4. The lowest BCUT2D eigenvalue weighted by molar-refractivity contribution is 0.110. The molecule has 1 heterocycles. The van der Waals surface area contributed by atoms with Crippen LogP contribution in [0.25, 0.3) is 21.9 Å². The fourth-order valence-corrected chi connectivity index (χ4v) is 3.52. The molecule has 0 amide bonds. The monoisotopic (exact) mass is 314 g/mol. The second-order valence-electron chi connectivity index (χ2n) is 5.76. The van der Waals surface area contributed by atoms with Crippen LogP contribution in [0.5, 0.6) is 5.75 Å². The van der Waals surface area contributed by atoms with Gasteiger partial charge in [-0.05, 0) is 52.2 Å². The highest BCUT2D eigenvalue weighted by Gasteiger charge is 2.16. The molecular weight excluding hydrogens is 292 g/mol. The van der Waals surface area contributed by atoms with Crippen LogP contribution in [0.1, 0.15) is 32.3 Å². The third kappa shape index (κ3) is 2.96. The molecule has 0 bridgehead atoms. The summed E-state index contributed by atoms with van der Waals surface area (Å²) in [5.41, 5.74) is 3.82. The van der Waals surface area contributed by atoms with Crippen LogP contribution >= 0.6 is 11.3 Å². The molecule has 3 heteroatoms. The van der Waals surface area contributed by atoms with Gasteiger partial charge in [-0.15, -0.1) is 0 Å². The molecule has 2 aliphatic carbocycles. The topological polar surface area (TPSA) is 18.5 Å². The van der Waals surface area contributed by atoms with Gasteiger partial charge in [0.2, 0.25) is 0 Å². The summed E-state index contributed by atoms with van der Waals surface area (Å²) in [6.07, 6.45) is 0. The van der Waals surface area contributed by atoms with E-state index in [-0.39, 0.29) is 0 Å². The average Bonchev–Trinajstić information content (AvgIpc) is 3.01. The van der Waals surface area contributed by atoms with Gasteiger partial charge < -0.3 is 9.47 Å². The molecule has 1 aromatic rings. The molecule has 0 unspecified atom stereocenters. The van der Waals surface area contributed by atoms with E-state index in [0.29, 0.717) is 19.1 Å². The van der Waals surface area contributed by atoms with Crippen LogP contribution in [0.15, 0.2) is 35.0 Å². The summed E-state index contributed by atoms with van der Waals surface area (Å²) in [5, 5.41) is 7.00. The Bertz CT molecular complexity index is 730. The van der Waals surface area contributed by atoms with E-state index in [9.17, 15) is 0 Å². The van der Waals surface area contributed by atoms with E-state index in [1.807, 2.05) is 6.92 Å². The summed E-state index contributed by atoms with van der Waals surface area (Å²) in [5.74, 6) is 1.45. The van der Waals surface area contributed by atoms with Crippen LogP contribution in [-0.2, 0) is 4.74 Å². The summed E-state index contributed by atoms with van der Waals surface area (Å²) in [4.78, 5) is 0. The minimum atomic E-state index is 0.499. The normalized spacial score (nSPS) is 11.6. The van der Waals surface area contributed by atoms with Crippen molar-refractivity contribution in [2.45, 2.75) is 26.7 Å². The molecule has 1 aromatic heterocycles. The minimum Gasteiger partial charge on any atom is -0.491 e. The van der Waals surface area contributed by atoms with Crippen LogP contribution in [0.4, 0.5) is 0 Å². The van der Waals surface area contributed by atoms with Crippen LogP contribution in [0.2, 0.25) is 0 Å². The molecule has 3 rings (SSSR count). The minimum absolute atomic E-state index is 0.499. The summed E-state index contributed by atoms with van der Waals surface area (Å²) in [7, 11) is 0. The average molecular weight is 314 g/mol. The molecule has 2 nitrogen and oxygen atoms in total. The smallest absolute Gasteiger partial charge is 0.127 e. The Morgan fingerprint density at radius 2 is 1.95 bits per heavy atom. The number of fused-ring (bicyclic) bond motifs is 3. The molecule has 0 N–H and O–H groups in total. The maximum Gasteiger partial charge on any atom is 0.127 e. The van der Waals surface area contributed by atoms with Crippen molar-refractivity contribution in [3.8, 4) is 16.9 Å². The number of ether oxygens (including phenoxy) is 2. The lowest BCUT2D eigenvalue weighted by Crippen LogP contribution is -2.06. The second kappa shape index (κ2) is 6.67. The number of hydrogen-bond donors (Lipinski definition) is 0. The number of hydrogen-bond acceptors (Lipinski definition) is 3. The summed E-state index contributed by atoms with van der Waals surface area (Å²) >= 11 is 1.74. The number of thiophene rings is 1. The summed E-state index contributed by atoms with van der Waals surface area (Å²) in [6, 6.07) is 8.85. The predicted octanol–water partition coefficient (Wildman–Crippen LogP) is 5.54. The molecule has 0 fully saturated rings. The van der Waals surface area contributed by atoms with Gasteiger partial charge in [0.25, 0.3) is 0 Å². The fourth-order valence-electron chi connectivity index (χ4n) is 2.72. The van der Waals surface area contributed by atoms with Gasteiger partial charge in [-0.2, -0.15) is 11.3 Å². The van der Waals surface area contributed by atoms with Crippen LogP contribution in [-0.4, -0.2) is 19.8 Å². The van der Waals surface area contributed by atoms with Crippen molar-refractivity contribution < 1.29 is 9.47 Å². The van der Waals surface area contributed by atoms with Crippen molar-refractivity contribution in [1.82, 2.24) is 0 Å². The van der Waals surface area contributed by atoms with E-state index < -0.39 is 0 Å². The molecule has 0 aromatic carbocycles. The van der Waals surface area contributed by atoms with E-state index >= 15 is 0 Å². The predicted molar refractivity (Wildman–Crippen MR) is 94.5 cm³/mol. The molecule has 22 heavy (non-hydrogen) atoms. The van der Waals surface area contributed by atoms with E-state index in [1.54, 1.807) is 11.3 Å². The Morgan fingerprint density at radius 3 is 2.73 bits per heavy atom. The molecule has 0 saturated carbocycles. The van der Waals surface area contributed by atoms with Crippen LogP contribution in [0.3, 0.4) is 0 Å². The Hall–Kier alpha value is -1.58. The van der Waals surface area contributed by atoms with Gasteiger partial charge >= 0.3 is 0 Å². The largest absolute Gasteiger partial charge is 0.491 e. The van der Waals surface area contributed by atoms with Gasteiger partial charge in [-0.25, -0.2) is 0 Å². The van der Waals surface area contributed by atoms with Crippen molar-refractivity contribution in [1.29, 1.82) is 0 Å². The van der Waals surface area contributed by atoms with Crippen LogP contribution in [0, 0.1) is 0 Å². The standard InChI is InChI=1S/C19H22O2S/c1-4-20-7-8-21-18-6-5-14(13(2)3)9-15-10-16-11-22-12-17(16)19(15)18/h5-6,9-13H,4,7-8H2,1-3H3. The first kappa shape index (κ1) is 15.3. The first-order valence-electron chi connectivity index (χ1n) is 7.83. The maximum absolute atomic E-state index is 6.03. The van der Waals surface area contributed by atoms with E-state index in [0.717, 1.165) is 12.4 Å². The molecular formula is C19H22O2S. The van der Waals surface area contributed by atoms with E-state index in [1.165, 1.54) is 27.5 Å². The van der Waals surface area contributed by atoms with Gasteiger partial charge in [0, 0.05) is 17.6 Å². The lowest BCUT2D eigenvalue weighted by atomic mass is 10.0. The molecule has 116 valence electrons. The quantitative estimate of drug-likeness (QED) is 0.556. The van der Waals surface area contributed by atoms with E-state index in [2.05, 4.69) is 48.9 Å². The third-order valence-corrected chi connectivity index (χ3v) is 4.67. The Balaban J connectivity index is 2.04. The Morgan fingerprint density at radius 1 is 1.09 bits per heavy atom. The number of rotatable bonds is 6. The summed E-state index contributed by atoms with van der Waals surface area (Å²) < 4.78 is 11.4. The van der Waals surface area contributed by atoms with Gasteiger partial charge in [0.05, 0.1) is 6.61 Å². The van der Waals surface area contributed by atoms with Crippen molar-refractivity contribution >= 4 is 22.1 Å². The molecule has 0 atom stereocenters. The van der Waals surface area contributed by atoms with Gasteiger partial charge in [0.15, 0.2) is 0 Å². The van der Waals surface area contributed by atoms with Crippen molar-refractivity contribution in [3.05, 3.63) is 40.6 Å². The summed E-state index contributed by atoms with van der Waals surface area (Å²) in [6.45, 7) is 8.39. The fraction of sp³-hybridized carbons (Fsp3) is 0.368. The van der Waals surface area contributed by atoms with Gasteiger partial charge in [-0.3, -0.25) is 0 Å². The molecule has 0 saturated heterocycles. The Labute approximate surface area is 136 Å². The zero-order valence-corrected chi connectivity index (χ0v) is 14.2. The van der Waals surface area contributed by atoms with Gasteiger partial charge in [-0.1, -0.05) is 26.0 Å². The SMILES string of the molecule is CCOCCOc1ccc(C(C)C)cc2cc3cscc3c1-2. The molecule has 0 radical (unpaired) electrons. The zero-order chi connectivity index (χ0) is 15.5. The highest BCUT2D eigenvalue weighted by molar-refractivity contribution is 7.09. The molecule has 0 spiro atoms.